The number of hydrogen-bond acceptors (Lipinski definition) is 14. The lowest BCUT2D eigenvalue weighted by molar-refractivity contribution is 0.0190. The number of phenolic OH excluding ortho intramolecular Hbond substituents is 8. The van der Waals surface area contributed by atoms with Crippen molar-refractivity contribution in [3.63, 3.8) is 0 Å². The SMILES string of the molecule is Oc1cc(O)c2c(c1)O[C@H](c1cc(O)c(O)c(O)c1-c1c([C@H]3Oc4cc(O)cc(O)c4C[C@H]3O)cc(O)c3nc4ccccc4nc13)[C@H](O)C2. The lowest BCUT2D eigenvalue weighted by atomic mass is 9.83. The van der Waals surface area contributed by atoms with Crippen LogP contribution >= 0.6 is 0 Å². The summed E-state index contributed by atoms with van der Waals surface area (Å²) in [5, 5.41) is 109. The molecule has 0 bridgehead atoms. The molecule has 50 heavy (non-hydrogen) atoms. The van der Waals surface area contributed by atoms with E-state index in [-0.39, 0.29) is 91.8 Å². The molecule has 2 aliphatic heterocycles. The summed E-state index contributed by atoms with van der Waals surface area (Å²) in [4.78, 5) is 9.35. The zero-order valence-electron chi connectivity index (χ0n) is 25.7. The third-order valence-corrected chi connectivity index (χ3v) is 9.15. The molecule has 14 heteroatoms. The summed E-state index contributed by atoms with van der Waals surface area (Å²) < 4.78 is 12.3. The molecule has 6 aromatic rings. The highest BCUT2D eigenvalue weighted by Gasteiger charge is 2.40. The first-order valence-electron chi connectivity index (χ1n) is 15.4. The highest BCUT2D eigenvalue weighted by molar-refractivity contribution is 6.03. The topological polar surface area (TPSA) is 247 Å². The van der Waals surface area contributed by atoms with Crippen LogP contribution in [0.2, 0.25) is 0 Å². The number of aliphatic hydroxyl groups is 2. The molecule has 1 aromatic heterocycles. The third kappa shape index (κ3) is 4.72. The Morgan fingerprint density at radius 2 is 1.00 bits per heavy atom. The average Bonchev–Trinajstić information content (AvgIpc) is 3.07. The van der Waals surface area contributed by atoms with Crippen LogP contribution in [0.5, 0.6) is 57.5 Å². The van der Waals surface area contributed by atoms with Gasteiger partial charge in [-0.05, 0) is 24.3 Å². The summed E-state index contributed by atoms with van der Waals surface area (Å²) in [7, 11) is 0. The van der Waals surface area contributed by atoms with E-state index in [1.54, 1.807) is 24.3 Å². The first kappa shape index (κ1) is 30.9. The number of benzene rings is 5. The van der Waals surface area contributed by atoms with E-state index in [1.165, 1.54) is 18.2 Å². The molecule has 10 N–H and O–H groups in total. The smallest absolute Gasteiger partial charge is 0.200 e. The van der Waals surface area contributed by atoms with Gasteiger partial charge in [-0.15, -0.1) is 0 Å². The van der Waals surface area contributed by atoms with Crippen LogP contribution in [0.3, 0.4) is 0 Å². The van der Waals surface area contributed by atoms with Crippen molar-refractivity contribution in [2.45, 2.75) is 37.3 Å². The molecular formula is C36H28N2O12. The zero-order valence-corrected chi connectivity index (χ0v) is 25.7. The minimum Gasteiger partial charge on any atom is -0.508 e. The molecule has 0 aliphatic carbocycles. The maximum atomic E-state index is 11.7. The van der Waals surface area contributed by atoms with Crippen LogP contribution in [0.25, 0.3) is 33.2 Å². The molecule has 0 unspecified atom stereocenters. The summed E-state index contributed by atoms with van der Waals surface area (Å²) in [6, 6.07) is 13.7. The van der Waals surface area contributed by atoms with E-state index in [0.29, 0.717) is 11.0 Å². The first-order chi connectivity index (χ1) is 23.9. The Morgan fingerprint density at radius 3 is 1.54 bits per heavy atom. The predicted octanol–water partition coefficient (Wildman–Crippen LogP) is 4.17. The van der Waals surface area contributed by atoms with Gasteiger partial charge in [-0.1, -0.05) is 12.1 Å². The number of nitrogens with zero attached hydrogens (tertiary/aromatic N) is 2. The lowest BCUT2D eigenvalue weighted by Crippen LogP contribution is -2.32. The Morgan fingerprint density at radius 1 is 0.520 bits per heavy atom. The molecule has 0 amide bonds. The molecule has 0 spiro atoms. The van der Waals surface area contributed by atoms with Gasteiger partial charge in [-0.3, -0.25) is 0 Å². The molecule has 0 saturated carbocycles. The van der Waals surface area contributed by atoms with E-state index in [0.717, 1.165) is 18.2 Å². The molecule has 2 aliphatic rings. The number of ether oxygens (including phenoxy) is 2. The minimum absolute atomic E-state index is 0.000337. The van der Waals surface area contributed by atoms with Crippen molar-refractivity contribution in [3.8, 4) is 68.6 Å². The number of aromatic hydroxyl groups is 8. The van der Waals surface area contributed by atoms with Crippen LogP contribution in [0.1, 0.15) is 34.5 Å². The Kier molecular flexibility index (Phi) is 6.85. The Labute approximate surface area is 281 Å². The monoisotopic (exact) mass is 680 g/mol. The van der Waals surface area contributed by atoms with Crippen LogP contribution in [0, 0.1) is 0 Å². The van der Waals surface area contributed by atoms with Crippen LogP contribution in [0.4, 0.5) is 0 Å². The summed E-state index contributed by atoms with van der Waals surface area (Å²) in [6.45, 7) is 0. The maximum Gasteiger partial charge on any atom is 0.200 e. The van der Waals surface area contributed by atoms with Gasteiger partial charge in [0, 0.05) is 70.5 Å². The molecule has 4 atom stereocenters. The van der Waals surface area contributed by atoms with Gasteiger partial charge in [0.05, 0.1) is 23.2 Å². The van der Waals surface area contributed by atoms with Crippen LogP contribution in [-0.4, -0.2) is 73.2 Å². The summed E-state index contributed by atoms with van der Waals surface area (Å²) >= 11 is 0. The fraction of sp³-hybridized carbons (Fsp3) is 0.167. The van der Waals surface area contributed by atoms with Crippen molar-refractivity contribution in [2.24, 2.45) is 0 Å². The first-order valence-corrected chi connectivity index (χ1v) is 15.4. The van der Waals surface area contributed by atoms with Crippen molar-refractivity contribution in [2.75, 3.05) is 0 Å². The number of para-hydroxylation sites is 2. The quantitative estimate of drug-likeness (QED) is 0.0931. The van der Waals surface area contributed by atoms with E-state index in [4.69, 9.17) is 14.5 Å². The Bertz CT molecular complexity index is 2400. The highest BCUT2D eigenvalue weighted by atomic mass is 16.5. The second-order valence-electron chi connectivity index (χ2n) is 12.3. The van der Waals surface area contributed by atoms with Gasteiger partial charge in [0.1, 0.15) is 51.3 Å². The minimum atomic E-state index is -1.42. The van der Waals surface area contributed by atoms with Crippen LogP contribution in [-0.2, 0) is 12.8 Å². The van der Waals surface area contributed by atoms with Gasteiger partial charge in [0.25, 0.3) is 0 Å². The fourth-order valence-electron chi connectivity index (χ4n) is 6.87. The van der Waals surface area contributed by atoms with Gasteiger partial charge < -0.3 is 60.5 Å². The molecule has 0 saturated heterocycles. The van der Waals surface area contributed by atoms with E-state index in [1.807, 2.05) is 0 Å². The highest BCUT2D eigenvalue weighted by Crippen LogP contribution is 2.55. The third-order valence-electron chi connectivity index (χ3n) is 9.15. The Balaban J connectivity index is 1.44. The van der Waals surface area contributed by atoms with Crippen LogP contribution < -0.4 is 9.47 Å². The second-order valence-corrected chi connectivity index (χ2v) is 12.3. The Hall–Kier alpha value is -6.38. The average molecular weight is 681 g/mol. The van der Waals surface area contributed by atoms with E-state index < -0.39 is 47.4 Å². The molecule has 3 heterocycles. The molecular weight excluding hydrogens is 652 g/mol. The van der Waals surface area contributed by atoms with Crippen LogP contribution in [0.15, 0.2) is 60.7 Å². The molecule has 0 fully saturated rings. The van der Waals surface area contributed by atoms with Crippen molar-refractivity contribution in [3.05, 3.63) is 82.9 Å². The summed E-state index contributed by atoms with van der Waals surface area (Å²) in [6.07, 6.45) is -5.94. The van der Waals surface area contributed by atoms with Gasteiger partial charge in [0.15, 0.2) is 23.7 Å². The number of aromatic nitrogens is 2. The standard InChI is InChI=1S/C36H28N2O12/c39-13-5-21(41)15-9-25(45)35(49-27(15)7-13)17-11-23(43)31-32(38-20-4-2-1-3-19(20)37-31)29(17)30-18(12-24(44)33(47)34(30)48)36-26(46)10-16-22(42)6-14(40)8-28(16)50-36/h1-8,11-12,25-26,35-36,39-48H,9-10H2/t25-,26-,35-,36-/m1/s1. The number of aliphatic hydroxyl groups excluding tert-OH is 2. The fourth-order valence-corrected chi connectivity index (χ4v) is 6.87. The lowest BCUT2D eigenvalue weighted by Gasteiger charge is -2.35. The normalized spacial score (nSPS) is 19.8. The van der Waals surface area contributed by atoms with Gasteiger partial charge >= 0.3 is 0 Å². The number of fused-ring (bicyclic) bond motifs is 4. The van der Waals surface area contributed by atoms with E-state index in [9.17, 15) is 51.1 Å². The number of hydrogen-bond donors (Lipinski definition) is 10. The summed E-state index contributed by atoms with van der Waals surface area (Å²) in [5.74, 6) is -4.29. The molecule has 0 radical (unpaired) electrons. The van der Waals surface area contributed by atoms with Crippen molar-refractivity contribution in [1.82, 2.24) is 9.97 Å². The number of rotatable bonds is 3. The second kappa shape index (κ2) is 11.1. The molecule has 254 valence electrons. The summed E-state index contributed by atoms with van der Waals surface area (Å²) in [5.41, 5.74) is 0.692. The maximum absolute atomic E-state index is 11.7. The van der Waals surface area contributed by atoms with Gasteiger partial charge in [-0.25, -0.2) is 9.97 Å². The largest absolute Gasteiger partial charge is 0.508 e. The number of phenols is 8. The van der Waals surface area contributed by atoms with E-state index >= 15 is 0 Å². The zero-order chi connectivity index (χ0) is 35.2. The molecule has 5 aromatic carbocycles. The van der Waals surface area contributed by atoms with Crippen molar-refractivity contribution >= 4 is 22.1 Å². The van der Waals surface area contributed by atoms with Crippen molar-refractivity contribution in [1.29, 1.82) is 0 Å². The molecule has 14 nitrogen and oxygen atoms in total. The predicted molar refractivity (Wildman–Crippen MR) is 175 cm³/mol. The van der Waals surface area contributed by atoms with Gasteiger partial charge in [-0.2, -0.15) is 0 Å². The molecule has 8 rings (SSSR count). The van der Waals surface area contributed by atoms with Crippen molar-refractivity contribution < 1.29 is 60.5 Å². The van der Waals surface area contributed by atoms with Gasteiger partial charge in [0.2, 0.25) is 5.75 Å². The van der Waals surface area contributed by atoms with E-state index in [2.05, 4.69) is 4.98 Å².